The lowest BCUT2D eigenvalue weighted by molar-refractivity contribution is 0.583. The third kappa shape index (κ3) is 4.26. The number of nitrogens with one attached hydrogen (secondary N) is 1. The summed E-state index contributed by atoms with van der Waals surface area (Å²) >= 11 is 1.51. The molecular formula is C12H16N2O2S2. The summed E-state index contributed by atoms with van der Waals surface area (Å²) in [7, 11) is -3.47. The predicted molar refractivity (Wildman–Crippen MR) is 76.9 cm³/mol. The van der Waals surface area contributed by atoms with Gasteiger partial charge in [-0.15, -0.1) is 18.2 Å². The molecule has 0 aliphatic rings. The van der Waals surface area contributed by atoms with Crippen molar-refractivity contribution in [3.63, 3.8) is 0 Å². The minimum absolute atomic E-state index is 0.263. The molecule has 0 amide bonds. The van der Waals surface area contributed by atoms with Gasteiger partial charge in [0.25, 0.3) is 0 Å². The fraction of sp³-hybridized carbons (Fsp3) is 0.333. The summed E-state index contributed by atoms with van der Waals surface area (Å²) < 4.78 is 26.5. The number of nitrogen functional groups attached to an aromatic ring is 1. The Bertz CT molecular complexity index is 548. The van der Waals surface area contributed by atoms with Crippen molar-refractivity contribution in [2.45, 2.75) is 11.8 Å². The average molecular weight is 284 g/mol. The van der Waals surface area contributed by atoms with Gasteiger partial charge in [0.05, 0.1) is 10.6 Å². The van der Waals surface area contributed by atoms with Crippen molar-refractivity contribution in [3.05, 3.63) is 23.8 Å². The lowest BCUT2D eigenvalue weighted by atomic mass is 10.2. The normalized spacial score (nSPS) is 11.1. The molecule has 0 aromatic heterocycles. The first-order valence-electron chi connectivity index (χ1n) is 5.34. The highest BCUT2D eigenvalue weighted by Crippen LogP contribution is 2.17. The maximum absolute atomic E-state index is 12.0. The van der Waals surface area contributed by atoms with Crippen LogP contribution in [0.2, 0.25) is 0 Å². The second-order valence-electron chi connectivity index (χ2n) is 3.68. The van der Waals surface area contributed by atoms with Gasteiger partial charge in [0.15, 0.2) is 0 Å². The van der Waals surface area contributed by atoms with Gasteiger partial charge in [0.1, 0.15) is 0 Å². The van der Waals surface area contributed by atoms with E-state index < -0.39 is 10.0 Å². The first-order valence-corrected chi connectivity index (χ1v) is 7.98. The minimum atomic E-state index is -3.47. The Balaban J connectivity index is 2.66. The van der Waals surface area contributed by atoms with Gasteiger partial charge in [-0.2, -0.15) is 0 Å². The Hall–Kier alpha value is -1.16. The zero-order chi connectivity index (χ0) is 13.6. The lowest BCUT2D eigenvalue weighted by Crippen LogP contribution is -2.26. The number of rotatable bonds is 6. The number of benzene rings is 1. The van der Waals surface area contributed by atoms with Crippen LogP contribution in [0.4, 0.5) is 5.69 Å². The van der Waals surface area contributed by atoms with Gasteiger partial charge in [-0.3, -0.25) is 0 Å². The highest BCUT2D eigenvalue weighted by Gasteiger charge is 2.15. The van der Waals surface area contributed by atoms with Crippen LogP contribution in [0.1, 0.15) is 5.56 Å². The van der Waals surface area contributed by atoms with Crippen LogP contribution in [-0.2, 0) is 10.0 Å². The summed E-state index contributed by atoms with van der Waals surface area (Å²) in [5, 5.41) is 0. The number of aryl methyl sites for hydroxylation is 1. The molecule has 0 atom stereocenters. The van der Waals surface area contributed by atoms with Crippen molar-refractivity contribution in [2.75, 3.05) is 23.8 Å². The van der Waals surface area contributed by atoms with E-state index in [-0.39, 0.29) is 4.90 Å². The summed E-state index contributed by atoms with van der Waals surface area (Å²) in [6.45, 7) is 2.08. The zero-order valence-corrected chi connectivity index (χ0v) is 11.8. The maximum atomic E-state index is 12.0. The Morgan fingerprint density at radius 3 is 2.83 bits per heavy atom. The molecule has 98 valence electrons. The summed E-state index contributed by atoms with van der Waals surface area (Å²) in [5.41, 5.74) is 6.78. The molecule has 1 aromatic rings. The molecule has 3 N–H and O–H groups in total. The standard InChI is InChI=1S/C12H16N2O2S2/c1-3-7-17-8-6-14-18(15,16)12-5-4-11(13)9-10(12)2/h1,4-5,9,14H,6-8,13H2,2H3. The molecular weight excluding hydrogens is 268 g/mol. The Labute approximate surface area is 112 Å². The Morgan fingerprint density at radius 1 is 1.50 bits per heavy atom. The second-order valence-corrected chi connectivity index (χ2v) is 6.52. The van der Waals surface area contributed by atoms with E-state index in [0.29, 0.717) is 29.3 Å². The number of terminal acetylenes is 1. The molecule has 0 radical (unpaired) electrons. The van der Waals surface area contributed by atoms with Crippen LogP contribution < -0.4 is 10.5 Å². The number of anilines is 1. The van der Waals surface area contributed by atoms with E-state index in [1.54, 1.807) is 19.1 Å². The quantitative estimate of drug-likeness (QED) is 0.468. The SMILES string of the molecule is C#CCSCCNS(=O)(=O)c1ccc(N)cc1C. The van der Waals surface area contributed by atoms with Crippen molar-refractivity contribution in [2.24, 2.45) is 0 Å². The molecule has 0 saturated carbocycles. The molecule has 4 nitrogen and oxygen atoms in total. The van der Waals surface area contributed by atoms with Crippen molar-refractivity contribution in [1.82, 2.24) is 4.72 Å². The average Bonchev–Trinajstić information content (AvgIpc) is 2.28. The predicted octanol–water partition coefficient (Wildman–Crippen LogP) is 1.22. The van der Waals surface area contributed by atoms with Crippen LogP contribution in [0.15, 0.2) is 23.1 Å². The van der Waals surface area contributed by atoms with Gasteiger partial charge in [0, 0.05) is 18.0 Å². The lowest BCUT2D eigenvalue weighted by Gasteiger charge is -2.09. The largest absolute Gasteiger partial charge is 0.399 e. The molecule has 1 aromatic carbocycles. The number of sulfonamides is 1. The summed E-state index contributed by atoms with van der Waals surface area (Å²) in [6.07, 6.45) is 5.10. The van der Waals surface area contributed by atoms with E-state index in [1.807, 2.05) is 0 Å². The summed E-state index contributed by atoms with van der Waals surface area (Å²) in [5.74, 6) is 3.72. The molecule has 0 aliphatic heterocycles. The second kappa shape index (κ2) is 6.69. The third-order valence-corrected chi connectivity index (χ3v) is 4.70. The van der Waals surface area contributed by atoms with Crippen LogP contribution in [0.5, 0.6) is 0 Å². The molecule has 0 spiro atoms. The minimum Gasteiger partial charge on any atom is -0.399 e. The van der Waals surface area contributed by atoms with E-state index in [0.717, 1.165) is 0 Å². The van der Waals surface area contributed by atoms with E-state index >= 15 is 0 Å². The highest BCUT2D eigenvalue weighted by molar-refractivity contribution is 7.99. The van der Waals surface area contributed by atoms with Gasteiger partial charge in [-0.1, -0.05) is 5.92 Å². The van der Waals surface area contributed by atoms with E-state index in [2.05, 4.69) is 10.6 Å². The van der Waals surface area contributed by atoms with Crippen LogP contribution in [0.25, 0.3) is 0 Å². The van der Waals surface area contributed by atoms with Crippen molar-refractivity contribution >= 4 is 27.5 Å². The van der Waals surface area contributed by atoms with Gasteiger partial charge in [-0.25, -0.2) is 13.1 Å². The van der Waals surface area contributed by atoms with Crippen molar-refractivity contribution < 1.29 is 8.42 Å². The van der Waals surface area contributed by atoms with Crippen LogP contribution in [0, 0.1) is 19.3 Å². The smallest absolute Gasteiger partial charge is 0.240 e. The van der Waals surface area contributed by atoms with E-state index in [4.69, 9.17) is 12.2 Å². The number of nitrogens with two attached hydrogens (primary N) is 1. The van der Waals surface area contributed by atoms with E-state index in [1.165, 1.54) is 17.8 Å². The van der Waals surface area contributed by atoms with E-state index in [9.17, 15) is 8.42 Å². The number of thioether (sulfide) groups is 1. The monoisotopic (exact) mass is 284 g/mol. The first kappa shape index (κ1) is 14.9. The van der Waals surface area contributed by atoms with Gasteiger partial charge in [-0.05, 0) is 30.7 Å². The highest BCUT2D eigenvalue weighted by atomic mass is 32.2. The van der Waals surface area contributed by atoms with Gasteiger partial charge < -0.3 is 5.73 Å². The van der Waals surface area contributed by atoms with Gasteiger partial charge >= 0.3 is 0 Å². The Morgan fingerprint density at radius 2 is 2.22 bits per heavy atom. The Kier molecular flexibility index (Phi) is 5.54. The van der Waals surface area contributed by atoms with Crippen molar-refractivity contribution in [1.29, 1.82) is 0 Å². The maximum Gasteiger partial charge on any atom is 0.240 e. The topological polar surface area (TPSA) is 72.2 Å². The molecule has 18 heavy (non-hydrogen) atoms. The molecule has 0 heterocycles. The fourth-order valence-electron chi connectivity index (χ4n) is 1.43. The zero-order valence-electron chi connectivity index (χ0n) is 10.1. The van der Waals surface area contributed by atoms with Gasteiger partial charge in [0.2, 0.25) is 10.0 Å². The molecule has 0 aliphatic carbocycles. The molecule has 0 bridgehead atoms. The van der Waals surface area contributed by atoms with Crippen LogP contribution >= 0.6 is 11.8 Å². The first-order chi connectivity index (χ1) is 8.47. The summed E-state index contributed by atoms with van der Waals surface area (Å²) in [6, 6.07) is 4.73. The summed E-state index contributed by atoms with van der Waals surface area (Å²) in [4.78, 5) is 0.263. The molecule has 0 saturated heterocycles. The molecule has 0 unspecified atom stereocenters. The fourth-order valence-corrected chi connectivity index (χ4v) is 3.33. The van der Waals surface area contributed by atoms with Crippen molar-refractivity contribution in [3.8, 4) is 12.3 Å². The number of hydrogen-bond donors (Lipinski definition) is 2. The third-order valence-electron chi connectivity index (χ3n) is 2.21. The molecule has 0 fully saturated rings. The molecule has 6 heteroatoms. The number of hydrogen-bond acceptors (Lipinski definition) is 4. The molecule has 1 rings (SSSR count). The van der Waals surface area contributed by atoms with Crippen LogP contribution in [0.3, 0.4) is 0 Å². The van der Waals surface area contributed by atoms with Crippen LogP contribution in [-0.4, -0.2) is 26.5 Å².